The van der Waals surface area contributed by atoms with Crippen LogP contribution in [0.1, 0.15) is 27.8 Å². The lowest BCUT2D eigenvalue weighted by Crippen LogP contribution is -2.38. The highest BCUT2D eigenvalue weighted by Crippen LogP contribution is 2.25. The van der Waals surface area contributed by atoms with Crippen LogP contribution < -0.4 is 5.73 Å². The van der Waals surface area contributed by atoms with Crippen LogP contribution in [0, 0.1) is 0 Å². The molecule has 3 heterocycles. The molecule has 1 aromatic carbocycles. The number of nitrogens with two attached hydrogens (primary N) is 1. The zero-order valence-electron chi connectivity index (χ0n) is 15.8. The van der Waals surface area contributed by atoms with Gasteiger partial charge in [0.05, 0.1) is 18.0 Å². The molecule has 1 atom stereocenters. The molecule has 0 bridgehead atoms. The predicted octanol–water partition coefficient (Wildman–Crippen LogP) is 2.15. The fraction of sp³-hybridized carbons (Fsp3) is 0.286. The van der Waals surface area contributed by atoms with Crippen molar-refractivity contribution >= 4 is 5.91 Å². The third-order valence-corrected chi connectivity index (χ3v) is 5.06. The monoisotopic (exact) mass is 377 g/mol. The smallest absolute Gasteiger partial charge is 0.248 e. The summed E-state index contributed by atoms with van der Waals surface area (Å²) in [6.07, 6.45) is 3.58. The molecule has 7 heteroatoms. The predicted molar refractivity (Wildman–Crippen MR) is 105 cm³/mol. The third kappa shape index (κ3) is 3.95. The van der Waals surface area contributed by atoms with Crippen LogP contribution in [0.4, 0.5) is 0 Å². The van der Waals surface area contributed by atoms with Crippen LogP contribution in [0.5, 0.6) is 0 Å². The Labute approximate surface area is 163 Å². The molecule has 2 aromatic heterocycles. The number of rotatable bonds is 5. The molecule has 1 aliphatic heterocycles. The number of carbonyl (C=O) groups is 1. The number of aromatic nitrogens is 3. The zero-order valence-corrected chi connectivity index (χ0v) is 15.8. The summed E-state index contributed by atoms with van der Waals surface area (Å²) < 4.78 is 7.85. The summed E-state index contributed by atoms with van der Waals surface area (Å²) in [6, 6.07) is 13.3. The van der Waals surface area contributed by atoms with Crippen molar-refractivity contribution in [1.29, 1.82) is 0 Å². The number of hydrogen-bond acceptors (Lipinski definition) is 5. The standard InChI is InChI=1S/C21H23N5O2/c1-25-18(7-8-24-25)13-26-9-10-28-20(14-26)19-6-5-17(12-23-19)15-3-2-4-16(11-15)21(22)27/h2-8,11-12,20H,9-10,13-14H2,1H3,(H2,22,27)/t20-/m1/s1. The number of amides is 1. The molecule has 7 nitrogen and oxygen atoms in total. The number of hydrogen-bond donors (Lipinski definition) is 1. The molecule has 144 valence electrons. The van der Waals surface area contributed by atoms with Gasteiger partial charge in [-0.1, -0.05) is 18.2 Å². The number of carbonyl (C=O) groups excluding carboxylic acids is 1. The lowest BCUT2D eigenvalue weighted by atomic mass is 10.0. The zero-order chi connectivity index (χ0) is 19.5. The van der Waals surface area contributed by atoms with Gasteiger partial charge in [-0.05, 0) is 29.8 Å². The Morgan fingerprint density at radius 1 is 1.25 bits per heavy atom. The maximum Gasteiger partial charge on any atom is 0.248 e. The molecule has 0 spiro atoms. The van der Waals surface area contributed by atoms with Gasteiger partial charge in [0.25, 0.3) is 0 Å². The first-order valence-corrected chi connectivity index (χ1v) is 9.27. The molecule has 1 saturated heterocycles. The van der Waals surface area contributed by atoms with E-state index in [0.717, 1.165) is 36.5 Å². The van der Waals surface area contributed by atoms with Crippen molar-refractivity contribution in [3.05, 3.63) is 71.8 Å². The van der Waals surface area contributed by atoms with Gasteiger partial charge in [-0.15, -0.1) is 0 Å². The van der Waals surface area contributed by atoms with Crippen LogP contribution in [-0.4, -0.2) is 45.3 Å². The SMILES string of the molecule is Cn1nccc1CN1CCO[C@@H](c2ccc(-c3cccc(C(N)=O)c3)cn2)C1. The molecule has 0 saturated carbocycles. The number of pyridine rings is 1. The first-order valence-electron chi connectivity index (χ1n) is 9.27. The Hall–Kier alpha value is -3.03. The summed E-state index contributed by atoms with van der Waals surface area (Å²) in [7, 11) is 1.96. The molecule has 2 N–H and O–H groups in total. The van der Waals surface area contributed by atoms with Crippen molar-refractivity contribution in [2.24, 2.45) is 12.8 Å². The topological polar surface area (TPSA) is 86.3 Å². The molecular weight excluding hydrogens is 354 g/mol. The summed E-state index contributed by atoms with van der Waals surface area (Å²) in [6.45, 7) is 3.19. The Bertz CT molecular complexity index is 967. The van der Waals surface area contributed by atoms with E-state index in [2.05, 4.69) is 15.0 Å². The van der Waals surface area contributed by atoms with E-state index >= 15 is 0 Å². The average Bonchev–Trinajstić information content (AvgIpc) is 3.13. The highest BCUT2D eigenvalue weighted by molar-refractivity contribution is 5.94. The molecule has 4 rings (SSSR count). The second-order valence-electron chi connectivity index (χ2n) is 6.96. The Kier molecular flexibility index (Phi) is 5.18. The normalized spacial score (nSPS) is 17.5. The minimum Gasteiger partial charge on any atom is -0.369 e. The van der Waals surface area contributed by atoms with Gasteiger partial charge in [-0.25, -0.2) is 0 Å². The van der Waals surface area contributed by atoms with E-state index in [-0.39, 0.29) is 6.10 Å². The first kappa shape index (κ1) is 18.3. The van der Waals surface area contributed by atoms with E-state index in [0.29, 0.717) is 12.2 Å². The summed E-state index contributed by atoms with van der Waals surface area (Å²) >= 11 is 0. The second kappa shape index (κ2) is 7.92. The van der Waals surface area contributed by atoms with E-state index in [4.69, 9.17) is 10.5 Å². The van der Waals surface area contributed by atoms with Crippen LogP contribution in [0.2, 0.25) is 0 Å². The highest BCUT2D eigenvalue weighted by atomic mass is 16.5. The number of aryl methyl sites for hydroxylation is 1. The van der Waals surface area contributed by atoms with E-state index in [1.807, 2.05) is 54.5 Å². The fourth-order valence-corrected chi connectivity index (χ4v) is 3.43. The van der Waals surface area contributed by atoms with Crippen molar-refractivity contribution in [2.75, 3.05) is 19.7 Å². The van der Waals surface area contributed by atoms with Crippen LogP contribution in [0.25, 0.3) is 11.1 Å². The van der Waals surface area contributed by atoms with Gasteiger partial charge in [0.2, 0.25) is 5.91 Å². The van der Waals surface area contributed by atoms with E-state index in [1.165, 1.54) is 5.69 Å². The molecule has 28 heavy (non-hydrogen) atoms. The largest absolute Gasteiger partial charge is 0.369 e. The van der Waals surface area contributed by atoms with Gasteiger partial charge in [-0.2, -0.15) is 5.10 Å². The number of ether oxygens (including phenoxy) is 1. The maximum atomic E-state index is 11.4. The average molecular weight is 377 g/mol. The van der Waals surface area contributed by atoms with Crippen LogP contribution >= 0.6 is 0 Å². The second-order valence-corrected chi connectivity index (χ2v) is 6.96. The summed E-state index contributed by atoms with van der Waals surface area (Å²) in [5, 5.41) is 4.23. The van der Waals surface area contributed by atoms with E-state index < -0.39 is 5.91 Å². The molecule has 1 amide bonds. The van der Waals surface area contributed by atoms with Crippen molar-refractivity contribution in [1.82, 2.24) is 19.7 Å². The van der Waals surface area contributed by atoms with Gasteiger partial charge < -0.3 is 10.5 Å². The van der Waals surface area contributed by atoms with Gasteiger partial charge in [0, 0.05) is 50.2 Å². The van der Waals surface area contributed by atoms with Crippen molar-refractivity contribution < 1.29 is 9.53 Å². The summed E-state index contributed by atoms with van der Waals surface area (Å²) in [5.41, 5.74) is 9.80. The molecule has 1 fully saturated rings. The Morgan fingerprint density at radius 3 is 2.86 bits per heavy atom. The molecule has 1 aliphatic rings. The number of primary amides is 1. The van der Waals surface area contributed by atoms with E-state index in [9.17, 15) is 4.79 Å². The van der Waals surface area contributed by atoms with Crippen molar-refractivity contribution in [2.45, 2.75) is 12.6 Å². The Balaban J connectivity index is 1.47. The summed E-state index contributed by atoms with van der Waals surface area (Å²) in [5.74, 6) is -0.435. The number of benzene rings is 1. The lowest BCUT2D eigenvalue weighted by Gasteiger charge is -2.32. The third-order valence-electron chi connectivity index (χ3n) is 5.06. The van der Waals surface area contributed by atoms with Crippen LogP contribution in [0.3, 0.4) is 0 Å². The fourth-order valence-electron chi connectivity index (χ4n) is 3.43. The van der Waals surface area contributed by atoms with Gasteiger partial charge in [0.1, 0.15) is 6.10 Å². The number of morpholine rings is 1. The van der Waals surface area contributed by atoms with Gasteiger partial charge >= 0.3 is 0 Å². The van der Waals surface area contributed by atoms with Crippen LogP contribution in [-0.2, 0) is 18.3 Å². The molecule has 0 radical (unpaired) electrons. The van der Waals surface area contributed by atoms with E-state index in [1.54, 1.807) is 12.1 Å². The highest BCUT2D eigenvalue weighted by Gasteiger charge is 2.23. The van der Waals surface area contributed by atoms with Gasteiger partial charge in [-0.3, -0.25) is 19.4 Å². The summed E-state index contributed by atoms with van der Waals surface area (Å²) in [4.78, 5) is 18.4. The minimum atomic E-state index is -0.435. The quantitative estimate of drug-likeness (QED) is 0.736. The number of nitrogens with zero attached hydrogens (tertiary/aromatic N) is 4. The molecule has 0 aliphatic carbocycles. The molecular formula is C21H23N5O2. The maximum absolute atomic E-state index is 11.4. The minimum absolute atomic E-state index is 0.0621. The molecule has 3 aromatic rings. The van der Waals surface area contributed by atoms with Crippen molar-refractivity contribution in [3.63, 3.8) is 0 Å². The first-order chi connectivity index (χ1) is 13.6. The molecule has 0 unspecified atom stereocenters. The van der Waals surface area contributed by atoms with Crippen LogP contribution in [0.15, 0.2) is 54.9 Å². The van der Waals surface area contributed by atoms with Crippen molar-refractivity contribution in [3.8, 4) is 11.1 Å². The van der Waals surface area contributed by atoms with Gasteiger partial charge in [0.15, 0.2) is 0 Å². The Morgan fingerprint density at radius 2 is 2.14 bits per heavy atom. The lowest BCUT2D eigenvalue weighted by molar-refractivity contribution is -0.0356.